The molecule has 1 rings (SSSR count). The average Bonchev–Trinajstić information content (AvgIpc) is 1.95. The van der Waals surface area contributed by atoms with Crippen molar-refractivity contribution in [3.63, 3.8) is 0 Å². The molecule has 0 radical (unpaired) electrons. The van der Waals surface area contributed by atoms with Crippen LogP contribution in [0.15, 0.2) is 23.4 Å². The fraction of sp³-hybridized carbons (Fsp3) is 0. The average molecular weight is 176 g/mol. The Labute approximate surface area is 67.7 Å². The molecule has 10 heavy (non-hydrogen) atoms. The summed E-state index contributed by atoms with van der Waals surface area (Å²) in [6.07, 6.45) is 0. The molecule has 1 aromatic rings. The summed E-state index contributed by atoms with van der Waals surface area (Å²) >= 11 is 11.1. The minimum Gasteiger partial charge on any atom is -0.145 e. The fourth-order valence-corrected chi connectivity index (χ4v) is 0.893. The summed E-state index contributed by atoms with van der Waals surface area (Å²) in [5, 5.41) is 3.22. The van der Waals surface area contributed by atoms with Gasteiger partial charge in [-0.15, -0.1) is 4.91 Å². The van der Waals surface area contributed by atoms with Crippen LogP contribution < -0.4 is 0 Å². The van der Waals surface area contributed by atoms with Gasteiger partial charge in [-0.2, -0.15) is 0 Å². The molecule has 0 N–H and O–H groups in total. The summed E-state index contributed by atoms with van der Waals surface area (Å²) in [6.45, 7) is 0. The summed E-state index contributed by atoms with van der Waals surface area (Å²) in [4.78, 5) is 9.99. The fourth-order valence-electron chi connectivity index (χ4n) is 0.563. The molecule has 0 saturated heterocycles. The monoisotopic (exact) mass is 175 g/mol. The smallest absolute Gasteiger partial charge is 0.128 e. The van der Waals surface area contributed by atoms with Gasteiger partial charge in [0, 0.05) is 0 Å². The van der Waals surface area contributed by atoms with Crippen LogP contribution in [0.25, 0.3) is 0 Å². The van der Waals surface area contributed by atoms with E-state index in [4.69, 9.17) is 23.2 Å². The molecular formula is C6H3Cl2NO. The first kappa shape index (κ1) is 7.51. The van der Waals surface area contributed by atoms with Crippen molar-refractivity contribution in [3.05, 3.63) is 33.2 Å². The summed E-state index contributed by atoms with van der Waals surface area (Å²) in [5.41, 5.74) is 0.175. The lowest BCUT2D eigenvalue weighted by Gasteiger charge is -1.94. The zero-order chi connectivity index (χ0) is 7.56. The van der Waals surface area contributed by atoms with E-state index in [-0.39, 0.29) is 10.7 Å². The van der Waals surface area contributed by atoms with Gasteiger partial charge < -0.3 is 0 Å². The largest absolute Gasteiger partial charge is 0.145 e. The van der Waals surface area contributed by atoms with Crippen molar-refractivity contribution in [2.75, 3.05) is 0 Å². The van der Waals surface area contributed by atoms with Crippen LogP contribution in [-0.2, 0) is 0 Å². The van der Waals surface area contributed by atoms with E-state index >= 15 is 0 Å². The van der Waals surface area contributed by atoms with E-state index in [1.54, 1.807) is 12.1 Å². The normalized spacial score (nSPS) is 9.40. The zero-order valence-electron chi connectivity index (χ0n) is 4.84. The highest BCUT2D eigenvalue weighted by atomic mass is 35.5. The lowest BCUT2D eigenvalue weighted by atomic mass is 10.3. The van der Waals surface area contributed by atoms with Crippen molar-refractivity contribution in [1.82, 2.24) is 0 Å². The minimum absolute atomic E-state index is 0.175. The van der Waals surface area contributed by atoms with Crippen LogP contribution in [0.4, 0.5) is 5.69 Å². The standard InChI is InChI=1S/C6H3Cl2NO/c7-4-2-1-3-5(9-10)6(4)8/h1-3H. The van der Waals surface area contributed by atoms with Crippen LogP contribution in [0.3, 0.4) is 0 Å². The molecule has 2 nitrogen and oxygen atoms in total. The van der Waals surface area contributed by atoms with E-state index in [9.17, 15) is 4.91 Å². The highest BCUT2D eigenvalue weighted by Gasteiger charge is 2.02. The van der Waals surface area contributed by atoms with Gasteiger partial charge in [-0.25, -0.2) is 0 Å². The Kier molecular flexibility index (Phi) is 2.25. The molecule has 0 aliphatic heterocycles. The number of nitroso groups, excluding NO2 is 1. The zero-order valence-corrected chi connectivity index (χ0v) is 6.36. The predicted molar refractivity (Wildman–Crippen MR) is 41.9 cm³/mol. The van der Waals surface area contributed by atoms with Gasteiger partial charge in [-0.05, 0) is 17.3 Å². The summed E-state index contributed by atoms with van der Waals surface area (Å²) < 4.78 is 0. The Morgan fingerprint density at radius 1 is 1.30 bits per heavy atom. The molecule has 0 atom stereocenters. The van der Waals surface area contributed by atoms with Crippen molar-refractivity contribution in [2.45, 2.75) is 0 Å². The Morgan fingerprint density at radius 3 is 2.50 bits per heavy atom. The Balaban J connectivity index is 3.27. The van der Waals surface area contributed by atoms with E-state index in [0.29, 0.717) is 5.02 Å². The Hall–Kier alpha value is -0.600. The molecular weight excluding hydrogens is 173 g/mol. The van der Waals surface area contributed by atoms with Gasteiger partial charge in [-0.3, -0.25) is 0 Å². The van der Waals surface area contributed by atoms with Crippen LogP contribution in [0.1, 0.15) is 0 Å². The second-order valence-corrected chi connectivity index (χ2v) is 2.45. The van der Waals surface area contributed by atoms with Gasteiger partial charge in [0.2, 0.25) is 0 Å². The second kappa shape index (κ2) is 2.99. The number of nitrogens with zero attached hydrogens (tertiary/aromatic N) is 1. The third-order valence-electron chi connectivity index (χ3n) is 1.03. The number of halogens is 2. The van der Waals surface area contributed by atoms with Gasteiger partial charge in [0.05, 0.1) is 10.0 Å². The Bertz CT molecular complexity index is 262. The topological polar surface area (TPSA) is 29.4 Å². The molecule has 0 aliphatic carbocycles. The van der Waals surface area contributed by atoms with Crippen molar-refractivity contribution in [2.24, 2.45) is 5.18 Å². The first-order valence-electron chi connectivity index (χ1n) is 2.53. The molecule has 4 heteroatoms. The molecule has 0 saturated carbocycles. The van der Waals surface area contributed by atoms with Crippen LogP contribution in [-0.4, -0.2) is 0 Å². The number of hydrogen-bond donors (Lipinski definition) is 0. The molecule has 52 valence electrons. The van der Waals surface area contributed by atoms with Crippen LogP contribution in [0, 0.1) is 4.91 Å². The van der Waals surface area contributed by atoms with E-state index in [0.717, 1.165) is 0 Å². The molecule has 0 spiro atoms. The number of benzene rings is 1. The maximum atomic E-state index is 9.99. The molecule has 1 aromatic carbocycles. The van der Waals surface area contributed by atoms with E-state index in [2.05, 4.69) is 5.18 Å². The van der Waals surface area contributed by atoms with Crippen molar-refractivity contribution < 1.29 is 0 Å². The van der Waals surface area contributed by atoms with Gasteiger partial charge in [0.15, 0.2) is 0 Å². The summed E-state index contributed by atoms with van der Waals surface area (Å²) in [7, 11) is 0. The molecule has 0 unspecified atom stereocenters. The lowest BCUT2D eigenvalue weighted by molar-refractivity contribution is 1.50. The molecule has 0 fully saturated rings. The van der Waals surface area contributed by atoms with Gasteiger partial charge >= 0.3 is 0 Å². The van der Waals surface area contributed by atoms with Crippen LogP contribution in [0.5, 0.6) is 0 Å². The minimum atomic E-state index is 0.175. The maximum Gasteiger partial charge on any atom is 0.128 e. The van der Waals surface area contributed by atoms with Gasteiger partial charge in [0.25, 0.3) is 0 Å². The molecule has 0 amide bonds. The van der Waals surface area contributed by atoms with Gasteiger partial charge in [0.1, 0.15) is 5.69 Å². The molecule has 0 aromatic heterocycles. The highest BCUT2D eigenvalue weighted by molar-refractivity contribution is 6.43. The number of hydrogen-bond acceptors (Lipinski definition) is 2. The predicted octanol–water partition coefficient (Wildman–Crippen LogP) is 3.39. The van der Waals surface area contributed by atoms with Crippen molar-refractivity contribution >= 4 is 28.9 Å². The van der Waals surface area contributed by atoms with Crippen LogP contribution >= 0.6 is 23.2 Å². The lowest BCUT2D eigenvalue weighted by Crippen LogP contribution is -1.67. The molecule has 0 aliphatic rings. The van der Waals surface area contributed by atoms with E-state index in [1.165, 1.54) is 6.07 Å². The quantitative estimate of drug-likeness (QED) is 0.603. The number of rotatable bonds is 1. The van der Waals surface area contributed by atoms with Crippen molar-refractivity contribution in [1.29, 1.82) is 0 Å². The highest BCUT2D eigenvalue weighted by Crippen LogP contribution is 2.31. The van der Waals surface area contributed by atoms with E-state index in [1.807, 2.05) is 0 Å². The third kappa shape index (κ3) is 1.28. The summed E-state index contributed by atoms with van der Waals surface area (Å²) in [5.74, 6) is 0. The Morgan fingerprint density at radius 2 is 2.00 bits per heavy atom. The maximum absolute atomic E-state index is 9.99. The SMILES string of the molecule is O=Nc1cccc(Cl)c1Cl. The molecule has 0 heterocycles. The van der Waals surface area contributed by atoms with Crippen LogP contribution in [0.2, 0.25) is 10.0 Å². The van der Waals surface area contributed by atoms with Crippen molar-refractivity contribution in [3.8, 4) is 0 Å². The first-order chi connectivity index (χ1) is 4.75. The van der Waals surface area contributed by atoms with E-state index < -0.39 is 0 Å². The third-order valence-corrected chi connectivity index (χ3v) is 1.84. The summed E-state index contributed by atoms with van der Waals surface area (Å²) in [6, 6.07) is 4.71. The second-order valence-electron chi connectivity index (χ2n) is 1.66. The van der Waals surface area contributed by atoms with Gasteiger partial charge in [-0.1, -0.05) is 29.3 Å². The molecule has 0 bridgehead atoms. The first-order valence-corrected chi connectivity index (χ1v) is 3.28.